The van der Waals surface area contributed by atoms with Gasteiger partial charge in [0.15, 0.2) is 0 Å². The summed E-state index contributed by atoms with van der Waals surface area (Å²) in [4.78, 5) is 17.3. The third-order valence-corrected chi connectivity index (χ3v) is 3.72. The predicted molar refractivity (Wildman–Crippen MR) is 101 cm³/mol. The smallest absolute Gasteiger partial charge is 0.229 e. The number of ether oxygens (including phenoxy) is 1. The molecule has 0 atom stereocenters. The summed E-state index contributed by atoms with van der Waals surface area (Å²) < 4.78 is 5.05. The standard InChI is InChI=1S/C19H16N6O/c1-26-18-7-6-14(11-22-18)24-19-20-9-8-17(25-19)23-15-10-13-4-2-3-5-16(13)21-12-15/h2-12H,1H3,(H2,20,23,24,25). The van der Waals surface area contributed by atoms with Crippen molar-refractivity contribution in [3.05, 3.63) is 67.1 Å². The Morgan fingerprint density at radius 1 is 0.846 bits per heavy atom. The summed E-state index contributed by atoms with van der Waals surface area (Å²) in [6, 6.07) is 15.4. The van der Waals surface area contributed by atoms with Crippen molar-refractivity contribution >= 4 is 34.0 Å². The van der Waals surface area contributed by atoms with Crippen LogP contribution in [-0.4, -0.2) is 27.0 Å². The molecule has 0 saturated heterocycles. The van der Waals surface area contributed by atoms with Crippen molar-refractivity contribution in [1.29, 1.82) is 0 Å². The molecule has 7 heteroatoms. The molecule has 3 heterocycles. The Morgan fingerprint density at radius 3 is 2.58 bits per heavy atom. The SMILES string of the molecule is COc1ccc(Nc2nccc(Nc3cnc4ccccc4c3)n2)cn1. The van der Waals surface area contributed by atoms with Crippen molar-refractivity contribution < 1.29 is 4.74 Å². The van der Waals surface area contributed by atoms with Gasteiger partial charge in [-0.25, -0.2) is 9.97 Å². The van der Waals surface area contributed by atoms with Crippen LogP contribution >= 0.6 is 0 Å². The largest absolute Gasteiger partial charge is 0.481 e. The number of benzene rings is 1. The molecule has 0 radical (unpaired) electrons. The first-order valence-corrected chi connectivity index (χ1v) is 8.02. The molecule has 0 amide bonds. The van der Waals surface area contributed by atoms with Crippen molar-refractivity contribution in [2.24, 2.45) is 0 Å². The first-order chi connectivity index (χ1) is 12.8. The summed E-state index contributed by atoms with van der Waals surface area (Å²) in [5.74, 6) is 1.69. The lowest BCUT2D eigenvalue weighted by Crippen LogP contribution is -2.01. The van der Waals surface area contributed by atoms with Crippen molar-refractivity contribution in [3.8, 4) is 5.88 Å². The fraction of sp³-hybridized carbons (Fsp3) is 0.0526. The van der Waals surface area contributed by atoms with Gasteiger partial charge in [0.2, 0.25) is 11.8 Å². The number of anilines is 4. The van der Waals surface area contributed by atoms with Gasteiger partial charge in [0.05, 0.1) is 36.4 Å². The third-order valence-electron chi connectivity index (χ3n) is 3.72. The Kier molecular flexibility index (Phi) is 4.26. The molecule has 128 valence electrons. The van der Waals surface area contributed by atoms with Crippen molar-refractivity contribution in [2.45, 2.75) is 0 Å². The molecule has 26 heavy (non-hydrogen) atoms. The van der Waals surface area contributed by atoms with E-state index in [0.29, 0.717) is 17.6 Å². The quantitative estimate of drug-likeness (QED) is 0.567. The molecular weight excluding hydrogens is 328 g/mol. The van der Waals surface area contributed by atoms with Crippen LogP contribution in [0, 0.1) is 0 Å². The van der Waals surface area contributed by atoms with Crippen LogP contribution in [0.5, 0.6) is 5.88 Å². The molecule has 0 aliphatic rings. The molecule has 0 fully saturated rings. The van der Waals surface area contributed by atoms with Crippen LogP contribution in [0.15, 0.2) is 67.1 Å². The summed E-state index contributed by atoms with van der Waals surface area (Å²) in [5.41, 5.74) is 2.59. The number of hydrogen-bond donors (Lipinski definition) is 2. The Hall–Kier alpha value is -3.74. The Morgan fingerprint density at radius 2 is 1.73 bits per heavy atom. The molecule has 0 aliphatic heterocycles. The lowest BCUT2D eigenvalue weighted by molar-refractivity contribution is 0.398. The van der Waals surface area contributed by atoms with Crippen LogP contribution in [-0.2, 0) is 0 Å². The summed E-state index contributed by atoms with van der Waals surface area (Å²) >= 11 is 0. The van der Waals surface area contributed by atoms with E-state index in [1.165, 1.54) is 0 Å². The zero-order valence-electron chi connectivity index (χ0n) is 14.0. The van der Waals surface area contributed by atoms with Gasteiger partial charge >= 0.3 is 0 Å². The minimum atomic E-state index is 0.468. The summed E-state index contributed by atoms with van der Waals surface area (Å²) in [5, 5.41) is 7.43. The fourth-order valence-corrected chi connectivity index (χ4v) is 2.48. The van der Waals surface area contributed by atoms with Crippen LogP contribution in [0.4, 0.5) is 23.1 Å². The molecule has 0 spiro atoms. The second kappa shape index (κ2) is 7.02. The van der Waals surface area contributed by atoms with Crippen molar-refractivity contribution in [3.63, 3.8) is 0 Å². The molecule has 4 aromatic rings. The number of methoxy groups -OCH3 is 1. The average molecular weight is 344 g/mol. The van der Waals surface area contributed by atoms with E-state index in [1.807, 2.05) is 36.4 Å². The van der Waals surface area contributed by atoms with Gasteiger partial charge in [0, 0.05) is 17.6 Å². The molecule has 0 aliphatic carbocycles. The highest BCUT2D eigenvalue weighted by molar-refractivity contribution is 5.82. The van der Waals surface area contributed by atoms with E-state index < -0.39 is 0 Å². The van der Waals surface area contributed by atoms with Gasteiger partial charge in [-0.05, 0) is 24.3 Å². The Bertz CT molecular complexity index is 1040. The van der Waals surface area contributed by atoms with Gasteiger partial charge in [-0.15, -0.1) is 0 Å². The van der Waals surface area contributed by atoms with E-state index in [4.69, 9.17) is 4.74 Å². The second-order valence-electron chi connectivity index (χ2n) is 5.52. The highest BCUT2D eigenvalue weighted by Gasteiger charge is 2.03. The predicted octanol–water partition coefficient (Wildman–Crippen LogP) is 3.92. The zero-order chi connectivity index (χ0) is 17.8. The number of rotatable bonds is 5. The summed E-state index contributed by atoms with van der Waals surface area (Å²) in [7, 11) is 1.58. The van der Waals surface area contributed by atoms with Gasteiger partial charge in [-0.1, -0.05) is 18.2 Å². The molecule has 3 aromatic heterocycles. The molecule has 0 unspecified atom stereocenters. The van der Waals surface area contributed by atoms with Crippen molar-refractivity contribution in [1.82, 2.24) is 19.9 Å². The number of nitrogens with one attached hydrogen (secondary N) is 2. The van der Waals surface area contributed by atoms with Gasteiger partial charge in [0.25, 0.3) is 0 Å². The van der Waals surface area contributed by atoms with Crippen LogP contribution in [0.3, 0.4) is 0 Å². The number of pyridine rings is 2. The first-order valence-electron chi connectivity index (χ1n) is 8.02. The topological polar surface area (TPSA) is 84.9 Å². The number of para-hydroxylation sites is 1. The highest BCUT2D eigenvalue weighted by atomic mass is 16.5. The average Bonchev–Trinajstić information content (AvgIpc) is 2.69. The number of fused-ring (bicyclic) bond motifs is 1. The molecule has 2 N–H and O–H groups in total. The van der Waals surface area contributed by atoms with E-state index in [2.05, 4.69) is 30.6 Å². The Balaban J connectivity index is 1.52. The van der Waals surface area contributed by atoms with E-state index in [0.717, 1.165) is 22.3 Å². The maximum Gasteiger partial charge on any atom is 0.229 e. The minimum Gasteiger partial charge on any atom is -0.481 e. The number of nitrogens with zero attached hydrogens (tertiary/aromatic N) is 4. The minimum absolute atomic E-state index is 0.468. The van der Waals surface area contributed by atoms with Crippen LogP contribution in [0.1, 0.15) is 0 Å². The first kappa shape index (κ1) is 15.8. The molecule has 4 rings (SSSR count). The number of hydrogen-bond acceptors (Lipinski definition) is 7. The molecule has 7 nitrogen and oxygen atoms in total. The monoisotopic (exact) mass is 344 g/mol. The maximum absolute atomic E-state index is 5.05. The van der Waals surface area contributed by atoms with Crippen LogP contribution in [0.25, 0.3) is 10.9 Å². The van der Waals surface area contributed by atoms with E-state index in [9.17, 15) is 0 Å². The number of aromatic nitrogens is 4. The Labute approximate surface area is 150 Å². The molecule has 1 aromatic carbocycles. The fourth-order valence-electron chi connectivity index (χ4n) is 2.48. The highest BCUT2D eigenvalue weighted by Crippen LogP contribution is 2.20. The second-order valence-corrected chi connectivity index (χ2v) is 5.52. The van der Waals surface area contributed by atoms with Gasteiger partial charge < -0.3 is 15.4 Å². The third kappa shape index (κ3) is 3.51. The van der Waals surface area contributed by atoms with Crippen LogP contribution in [0.2, 0.25) is 0 Å². The van der Waals surface area contributed by atoms with E-state index in [-0.39, 0.29) is 0 Å². The maximum atomic E-state index is 5.05. The van der Waals surface area contributed by atoms with Gasteiger partial charge in [0.1, 0.15) is 5.82 Å². The summed E-state index contributed by atoms with van der Waals surface area (Å²) in [6.45, 7) is 0. The van der Waals surface area contributed by atoms with Crippen LogP contribution < -0.4 is 15.4 Å². The van der Waals surface area contributed by atoms with E-state index in [1.54, 1.807) is 37.8 Å². The van der Waals surface area contributed by atoms with Crippen molar-refractivity contribution in [2.75, 3.05) is 17.7 Å². The van der Waals surface area contributed by atoms with Gasteiger partial charge in [-0.3, -0.25) is 4.98 Å². The molecule has 0 bridgehead atoms. The molecular formula is C19H16N6O. The lowest BCUT2D eigenvalue weighted by Gasteiger charge is -2.09. The zero-order valence-corrected chi connectivity index (χ0v) is 14.0. The summed E-state index contributed by atoms with van der Waals surface area (Å²) in [6.07, 6.45) is 5.13. The van der Waals surface area contributed by atoms with E-state index >= 15 is 0 Å². The normalized spacial score (nSPS) is 10.5. The lowest BCUT2D eigenvalue weighted by atomic mass is 10.2. The molecule has 0 saturated carbocycles. The van der Waals surface area contributed by atoms with Gasteiger partial charge in [-0.2, -0.15) is 4.98 Å².